The molecule has 0 saturated heterocycles. The maximum absolute atomic E-state index is 14.3. The Hall–Kier alpha value is -5.29. The van der Waals surface area contributed by atoms with Crippen LogP contribution in [0.15, 0.2) is 92.2 Å². The number of benzene rings is 3. The molecule has 46 heavy (non-hydrogen) atoms. The SMILES string of the molecule is CCN(CC)C(=O)C1=C(C)N=c2s/c(=C/c3ccc(-c4cccc([N+](=O)[O-])c4C)o3)c(=O)n2[C@@H]1c1c(OC)ccc2ccccc12. The third-order valence-corrected chi connectivity index (χ3v) is 9.38. The van der Waals surface area contributed by atoms with Gasteiger partial charge in [0, 0.05) is 41.9 Å². The zero-order valence-corrected chi connectivity index (χ0v) is 26.9. The fraction of sp³-hybridized carbons (Fsp3) is 0.229. The van der Waals surface area contributed by atoms with Crippen LogP contribution >= 0.6 is 11.3 Å². The summed E-state index contributed by atoms with van der Waals surface area (Å²) in [5.41, 5.74) is 2.40. The number of nitro benzene ring substituents is 1. The number of likely N-dealkylation sites (N-methyl/N-ethyl adjacent to an activating group) is 1. The van der Waals surface area contributed by atoms with Crippen molar-refractivity contribution >= 4 is 39.8 Å². The Bertz CT molecular complexity index is 2240. The average Bonchev–Trinajstić information content (AvgIpc) is 3.64. The van der Waals surface area contributed by atoms with Gasteiger partial charge in [0.05, 0.1) is 27.8 Å². The first-order valence-corrected chi connectivity index (χ1v) is 15.7. The minimum absolute atomic E-state index is 0.00180. The Morgan fingerprint density at radius 2 is 1.85 bits per heavy atom. The third kappa shape index (κ3) is 5.12. The van der Waals surface area contributed by atoms with Gasteiger partial charge >= 0.3 is 0 Å². The molecule has 1 atom stereocenters. The lowest BCUT2D eigenvalue weighted by molar-refractivity contribution is -0.385. The molecule has 1 aliphatic rings. The van der Waals surface area contributed by atoms with Gasteiger partial charge in [-0.1, -0.05) is 53.8 Å². The second-order valence-electron chi connectivity index (χ2n) is 10.9. The van der Waals surface area contributed by atoms with Crippen molar-refractivity contribution in [2.24, 2.45) is 4.99 Å². The third-order valence-electron chi connectivity index (χ3n) is 8.39. The molecule has 0 fully saturated rings. The Labute approximate surface area is 268 Å². The van der Waals surface area contributed by atoms with Gasteiger partial charge in [0.25, 0.3) is 17.2 Å². The maximum Gasteiger partial charge on any atom is 0.273 e. The van der Waals surface area contributed by atoms with Crippen LogP contribution in [0.4, 0.5) is 5.69 Å². The van der Waals surface area contributed by atoms with Crippen LogP contribution in [-0.2, 0) is 4.79 Å². The lowest BCUT2D eigenvalue weighted by atomic mass is 9.90. The molecule has 0 radical (unpaired) electrons. The Balaban J connectivity index is 1.56. The summed E-state index contributed by atoms with van der Waals surface area (Å²) < 4.78 is 13.9. The number of nitro groups is 1. The van der Waals surface area contributed by atoms with Gasteiger partial charge < -0.3 is 14.1 Å². The number of nitrogens with zero attached hydrogens (tertiary/aromatic N) is 4. The molecule has 0 aliphatic carbocycles. The largest absolute Gasteiger partial charge is 0.496 e. The first-order chi connectivity index (χ1) is 22.2. The molecule has 0 bridgehead atoms. The van der Waals surface area contributed by atoms with Crippen molar-refractivity contribution in [1.29, 1.82) is 0 Å². The van der Waals surface area contributed by atoms with Crippen molar-refractivity contribution in [3.63, 3.8) is 0 Å². The van der Waals surface area contributed by atoms with Crippen molar-refractivity contribution in [1.82, 2.24) is 9.47 Å². The second kappa shape index (κ2) is 12.2. The minimum Gasteiger partial charge on any atom is -0.496 e. The summed E-state index contributed by atoms with van der Waals surface area (Å²) in [7, 11) is 1.58. The molecule has 6 rings (SSSR count). The number of amides is 1. The lowest BCUT2D eigenvalue weighted by Crippen LogP contribution is -2.43. The van der Waals surface area contributed by atoms with Gasteiger partial charge in [-0.25, -0.2) is 4.99 Å². The molecule has 0 unspecified atom stereocenters. The first kappa shape index (κ1) is 30.7. The summed E-state index contributed by atoms with van der Waals surface area (Å²) in [5, 5.41) is 13.3. The van der Waals surface area contributed by atoms with E-state index in [2.05, 4.69) is 0 Å². The van der Waals surface area contributed by atoms with E-state index in [9.17, 15) is 19.7 Å². The number of thiazole rings is 1. The van der Waals surface area contributed by atoms with E-state index in [1.807, 2.05) is 50.2 Å². The fourth-order valence-electron chi connectivity index (χ4n) is 6.08. The quantitative estimate of drug-likeness (QED) is 0.158. The molecule has 3 heterocycles. The summed E-state index contributed by atoms with van der Waals surface area (Å²) >= 11 is 1.21. The van der Waals surface area contributed by atoms with E-state index in [0.29, 0.717) is 67.7 Å². The van der Waals surface area contributed by atoms with Gasteiger partial charge in [-0.05, 0) is 56.7 Å². The molecule has 0 spiro atoms. The van der Waals surface area contributed by atoms with Crippen LogP contribution in [0.5, 0.6) is 5.75 Å². The highest BCUT2D eigenvalue weighted by molar-refractivity contribution is 7.07. The van der Waals surface area contributed by atoms with Crippen LogP contribution in [-0.4, -0.2) is 40.5 Å². The standard InChI is InChI=1S/C35H32N4O6S/c1-6-37(7-2)34(41)30-21(4)36-35-38(32(30)31-25-12-9-8-11-22(25)15-17-28(31)44-5)33(40)29(46-35)19-23-16-18-27(45-23)24-13-10-14-26(20(24)3)39(42)43/h8-19,32H,6-7H2,1-5H3/b29-19+/t32-/m0/s1. The molecule has 5 aromatic rings. The molecule has 234 valence electrons. The minimum atomic E-state index is -0.799. The van der Waals surface area contributed by atoms with Crippen LogP contribution in [0.3, 0.4) is 0 Å². The number of carbonyl (C=O) groups is 1. The number of fused-ring (bicyclic) bond motifs is 2. The van der Waals surface area contributed by atoms with Crippen LogP contribution in [0.2, 0.25) is 0 Å². The zero-order chi connectivity index (χ0) is 32.7. The average molecular weight is 637 g/mol. The monoisotopic (exact) mass is 636 g/mol. The van der Waals surface area contributed by atoms with E-state index < -0.39 is 11.0 Å². The second-order valence-corrected chi connectivity index (χ2v) is 11.9. The highest BCUT2D eigenvalue weighted by Gasteiger charge is 2.36. The number of hydrogen-bond donors (Lipinski definition) is 0. The number of ether oxygens (including phenoxy) is 1. The van der Waals surface area contributed by atoms with Gasteiger partial charge in [-0.15, -0.1) is 0 Å². The summed E-state index contributed by atoms with van der Waals surface area (Å²) in [6, 6.07) is 19.1. The van der Waals surface area contributed by atoms with Gasteiger partial charge in [-0.2, -0.15) is 0 Å². The molecular weight excluding hydrogens is 604 g/mol. The van der Waals surface area contributed by atoms with Crippen molar-refractivity contribution < 1.29 is 18.9 Å². The summed E-state index contributed by atoms with van der Waals surface area (Å²) in [6.45, 7) is 8.33. The smallest absolute Gasteiger partial charge is 0.273 e. The predicted molar refractivity (Wildman–Crippen MR) is 178 cm³/mol. The van der Waals surface area contributed by atoms with E-state index in [1.54, 1.807) is 60.8 Å². The summed E-state index contributed by atoms with van der Waals surface area (Å²) in [4.78, 5) is 46.5. The lowest BCUT2D eigenvalue weighted by Gasteiger charge is -2.30. The van der Waals surface area contributed by atoms with Crippen molar-refractivity contribution in [3.05, 3.63) is 125 Å². The number of aromatic nitrogens is 1. The van der Waals surface area contributed by atoms with Gasteiger partial charge in [-0.3, -0.25) is 24.3 Å². The maximum atomic E-state index is 14.3. The number of rotatable bonds is 8. The molecule has 1 amide bonds. The van der Waals surface area contributed by atoms with Crippen molar-refractivity contribution in [2.75, 3.05) is 20.2 Å². The van der Waals surface area contributed by atoms with E-state index in [1.165, 1.54) is 17.4 Å². The van der Waals surface area contributed by atoms with E-state index >= 15 is 0 Å². The number of allylic oxidation sites excluding steroid dienone is 1. The number of hydrogen-bond acceptors (Lipinski definition) is 8. The van der Waals surface area contributed by atoms with Gasteiger partial charge in [0.15, 0.2) is 4.80 Å². The molecule has 0 N–H and O–H groups in total. The molecule has 1 aliphatic heterocycles. The number of methoxy groups -OCH3 is 1. The Morgan fingerprint density at radius 1 is 1.09 bits per heavy atom. The van der Waals surface area contributed by atoms with E-state index in [4.69, 9.17) is 14.1 Å². The van der Waals surface area contributed by atoms with Crippen molar-refractivity contribution in [2.45, 2.75) is 33.7 Å². The molecular formula is C35H32N4O6S. The number of carbonyl (C=O) groups excluding carboxylic acids is 1. The summed E-state index contributed by atoms with van der Waals surface area (Å²) in [5.74, 6) is 1.21. The van der Waals surface area contributed by atoms with Crippen LogP contribution in [0.25, 0.3) is 28.2 Å². The van der Waals surface area contributed by atoms with Crippen LogP contribution in [0, 0.1) is 17.0 Å². The normalized spacial score (nSPS) is 14.7. The van der Waals surface area contributed by atoms with Crippen molar-refractivity contribution in [3.8, 4) is 17.1 Å². The zero-order valence-electron chi connectivity index (χ0n) is 26.1. The summed E-state index contributed by atoms with van der Waals surface area (Å²) in [6.07, 6.45) is 1.64. The molecule has 11 heteroatoms. The number of furan rings is 1. The molecule has 0 saturated carbocycles. The van der Waals surface area contributed by atoms with Crippen LogP contribution in [0.1, 0.15) is 43.7 Å². The Kier molecular flexibility index (Phi) is 8.18. The highest BCUT2D eigenvalue weighted by Crippen LogP contribution is 2.40. The predicted octanol–water partition coefficient (Wildman–Crippen LogP) is 5.74. The molecule has 10 nitrogen and oxygen atoms in total. The van der Waals surface area contributed by atoms with Gasteiger partial charge in [0.2, 0.25) is 0 Å². The Morgan fingerprint density at radius 3 is 2.57 bits per heavy atom. The fourth-order valence-corrected chi connectivity index (χ4v) is 7.10. The van der Waals surface area contributed by atoms with E-state index in [0.717, 1.165) is 10.8 Å². The van der Waals surface area contributed by atoms with Gasteiger partial charge in [0.1, 0.15) is 23.3 Å². The van der Waals surface area contributed by atoms with E-state index in [-0.39, 0.29) is 17.2 Å². The molecule has 3 aromatic carbocycles. The van der Waals surface area contributed by atoms with Crippen LogP contribution < -0.4 is 19.6 Å². The topological polar surface area (TPSA) is 120 Å². The molecule has 2 aromatic heterocycles. The highest BCUT2D eigenvalue weighted by atomic mass is 32.1. The first-order valence-electron chi connectivity index (χ1n) is 14.9.